The number of halogens is 1. The van der Waals surface area contributed by atoms with Crippen molar-refractivity contribution in [3.63, 3.8) is 0 Å². The van der Waals surface area contributed by atoms with Crippen LogP contribution in [-0.4, -0.2) is 13.7 Å². The predicted octanol–water partition coefficient (Wildman–Crippen LogP) is 2.55. The van der Waals surface area contributed by atoms with Crippen molar-refractivity contribution in [3.8, 4) is 5.75 Å². The monoisotopic (exact) mass is 213 g/mol. The zero-order valence-electron chi connectivity index (χ0n) is 8.64. The molecule has 2 nitrogen and oxygen atoms in total. The van der Waals surface area contributed by atoms with Gasteiger partial charge >= 0.3 is 0 Å². The van der Waals surface area contributed by atoms with Crippen LogP contribution in [0.1, 0.15) is 17.5 Å². The Morgan fingerprint density at radius 3 is 2.71 bits per heavy atom. The van der Waals surface area contributed by atoms with Crippen molar-refractivity contribution in [1.82, 2.24) is 0 Å². The summed E-state index contributed by atoms with van der Waals surface area (Å²) in [7, 11) is 1.63. The number of hydrogen-bond donors (Lipinski definition) is 1. The average Bonchev–Trinajstić information content (AvgIpc) is 2.19. The molecule has 2 N–H and O–H groups in total. The van der Waals surface area contributed by atoms with Crippen molar-refractivity contribution in [2.45, 2.75) is 19.8 Å². The van der Waals surface area contributed by atoms with Gasteiger partial charge in [-0.3, -0.25) is 0 Å². The van der Waals surface area contributed by atoms with Crippen LogP contribution in [0.2, 0.25) is 5.02 Å². The Morgan fingerprint density at radius 1 is 1.43 bits per heavy atom. The van der Waals surface area contributed by atoms with Gasteiger partial charge in [-0.25, -0.2) is 0 Å². The fourth-order valence-electron chi connectivity index (χ4n) is 1.41. The molecular formula is C11H16ClNO. The lowest BCUT2D eigenvalue weighted by Gasteiger charge is -2.09. The van der Waals surface area contributed by atoms with Gasteiger partial charge in [0.05, 0.1) is 12.1 Å². The second kappa shape index (κ2) is 5.23. The lowest BCUT2D eigenvalue weighted by Crippen LogP contribution is -2.01. The first-order chi connectivity index (χ1) is 6.69. The third-order valence-electron chi connectivity index (χ3n) is 2.17. The van der Waals surface area contributed by atoms with Crippen LogP contribution in [0.4, 0.5) is 0 Å². The first-order valence-corrected chi connectivity index (χ1v) is 5.10. The van der Waals surface area contributed by atoms with E-state index in [-0.39, 0.29) is 0 Å². The van der Waals surface area contributed by atoms with Crippen LogP contribution in [0.25, 0.3) is 0 Å². The average molecular weight is 214 g/mol. The summed E-state index contributed by atoms with van der Waals surface area (Å²) in [5.74, 6) is 0.749. The van der Waals surface area contributed by atoms with Crippen molar-refractivity contribution in [2.75, 3.05) is 13.7 Å². The summed E-state index contributed by atoms with van der Waals surface area (Å²) in [6.45, 7) is 2.70. The van der Waals surface area contributed by atoms with Crippen molar-refractivity contribution >= 4 is 11.6 Å². The molecule has 0 aliphatic heterocycles. The molecule has 0 radical (unpaired) electrons. The molecule has 0 aliphatic carbocycles. The molecule has 0 atom stereocenters. The molecule has 0 bridgehead atoms. The molecule has 1 aromatic carbocycles. The van der Waals surface area contributed by atoms with Crippen LogP contribution in [0.15, 0.2) is 12.1 Å². The molecule has 14 heavy (non-hydrogen) atoms. The van der Waals surface area contributed by atoms with E-state index in [1.54, 1.807) is 7.11 Å². The van der Waals surface area contributed by atoms with E-state index in [0.29, 0.717) is 11.6 Å². The van der Waals surface area contributed by atoms with Crippen LogP contribution in [0.3, 0.4) is 0 Å². The van der Waals surface area contributed by atoms with Gasteiger partial charge in [0.2, 0.25) is 0 Å². The maximum Gasteiger partial charge on any atom is 0.137 e. The first kappa shape index (κ1) is 11.3. The summed E-state index contributed by atoms with van der Waals surface area (Å²) < 4.78 is 5.18. The second-order valence-corrected chi connectivity index (χ2v) is 3.70. The molecule has 0 saturated heterocycles. The highest BCUT2D eigenvalue weighted by molar-refractivity contribution is 6.32. The van der Waals surface area contributed by atoms with E-state index in [1.165, 1.54) is 5.56 Å². The highest BCUT2D eigenvalue weighted by Gasteiger charge is 2.05. The maximum atomic E-state index is 6.05. The number of methoxy groups -OCH3 is 1. The Kier molecular flexibility index (Phi) is 4.23. The number of rotatable bonds is 4. The molecule has 0 aliphatic rings. The van der Waals surface area contributed by atoms with Crippen LogP contribution < -0.4 is 10.5 Å². The number of nitrogens with two attached hydrogens (primary N) is 1. The Bertz CT molecular complexity index is 312. The normalized spacial score (nSPS) is 10.3. The molecule has 1 aromatic rings. The van der Waals surface area contributed by atoms with Crippen LogP contribution in [0, 0.1) is 6.92 Å². The topological polar surface area (TPSA) is 35.2 Å². The van der Waals surface area contributed by atoms with Gasteiger partial charge in [0, 0.05) is 0 Å². The number of hydrogen-bond acceptors (Lipinski definition) is 2. The summed E-state index contributed by atoms with van der Waals surface area (Å²) in [5, 5.41) is 0.698. The smallest absolute Gasteiger partial charge is 0.137 e. The molecule has 78 valence electrons. The van der Waals surface area contributed by atoms with Crippen LogP contribution in [-0.2, 0) is 6.42 Å². The number of aryl methyl sites for hydroxylation is 2. The van der Waals surface area contributed by atoms with E-state index in [1.807, 2.05) is 13.0 Å². The van der Waals surface area contributed by atoms with Gasteiger partial charge in [-0.05, 0) is 43.5 Å². The van der Waals surface area contributed by atoms with Crippen molar-refractivity contribution in [3.05, 3.63) is 28.3 Å². The van der Waals surface area contributed by atoms with Gasteiger partial charge in [-0.15, -0.1) is 0 Å². The van der Waals surface area contributed by atoms with E-state index < -0.39 is 0 Å². The SMILES string of the molecule is COc1cc(CCCN)cc(C)c1Cl. The molecule has 0 heterocycles. The van der Waals surface area contributed by atoms with Gasteiger partial charge in [0.25, 0.3) is 0 Å². The zero-order valence-corrected chi connectivity index (χ0v) is 9.40. The second-order valence-electron chi connectivity index (χ2n) is 3.32. The molecule has 0 unspecified atom stereocenters. The van der Waals surface area contributed by atoms with E-state index in [4.69, 9.17) is 22.1 Å². The van der Waals surface area contributed by atoms with Gasteiger partial charge in [-0.1, -0.05) is 17.7 Å². The molecule has 0 spiro atoms. The Hall–Kier alpha value is -0.730. The van der Waals surface area contributed by atoms with Gasteiger partial charge in [0.15, 0.2) is 0 Å². The van der Waals surface area contributed by atoms with Gasteiger partial charge < -0.3 is 10.5 Å². The summed E-state index contributed by atoms with van der Waals surface area (Å²) >= 11 is 6.05. The minimum Gasteiger partial charge on any atom is -0.495 e. The van der Waals surface area contributed by atoms with Crippen molar-refractivity contribution < 1.29 is 4.74 Å². The van der Waals surface area contributed by atoms with E-state index >= 15 is 0 Å². The van der Waals surface area contributed by atoms with E-state index in [9.17, 15) is 0 Å². The summed E-state index contributed by atoms with van der Waals surface area (Å²) in [4.78, 5) is 0. The van der Waals surface area contributed by atoms with E-state index in [0.717, 1.165) is 24.2 Å². The fourth-order valence-corrected chi connectivity index (χ4v) is 1.59. The Balaban J connectivity index is 2.91. The highest BCUT2D eigenvalue weighted by atomic mass is 35.5. The zero-order chi connectivity index (χ0) is 10.6. The largest absolute Gasteiger partial charge is 0.495 e. The minimum atomic E-state index is 0.698. The summed E-state index contributed by atoms with van der Waals surface area (Å²) in [5.41, 5.74) is 7.74. The number of ether oxygens (including phenoxy) is 1. The predicted molar refractivity (Wildman–Crippen MR) is 60.1 cm³/mol. The molecule has 1 rings (SSSR count). The molecular weight excluding hydrogens is 198 g/mol. The first-order valence-electron chi connectivity index (χ1n) is 4.72. The number of benzene rings is 1. The maximum absolute atomic E-state index is 6.05. The van der Waals surface area contributed by atoms with Gasteiger partial charge in [0.1, 0.15) is 5.75 Å². The molecule has 0 fully saturated rings. The quantitative estimate of drug-likeness (QED) is 0.835. The van der Waals surface area contributed by atoms with Gasteiger partial charge in [-0.2, -0.15) is 0 Å². The lowest BCUT2D eigenvalue weighted by molar-refractivity contribution is 0.414. The van der Waals surface area contributed by atoms with Crippen molar-refractivity contribution in [1.29, 1.82) is 0 Å². The lowest BCUT2D eigenvalue weighted by atomic mass is 10.1. The third-order valence-corrected chi connectivity index (χ3v) is 2.65. The van der Waals surface area contributed by atoms with Crippen molar-refractivity contribution in [2.24, 2.45) is 5.73 Å². The Labute approximate surface area is 90.0 Å². The highest BCUT2D eigenvalue weighted by Crippen LogP contribution is 2.29. The molecule has 0 amide bonds. The van der Waals surface area contributed by atoms with E-state index in [2.05, 4.69) is 6.07 Å². The fraction of sp³-hybridized carbons (Fsp3) is 0.455. The summed E-state index contributed by atoms with van der Waals surface area (Å²) in [6.07, 6.45) is 1.97. The minimum absolute atomic E-state index is 0.698. The molecule has 0 aromatic heterocycles. The van der Waals surface area contributed by atoms with Crippen LogP contribution in [0.5, 0.6) is 5.75 Å². The Morgan fingerprint density at radius 2 is 2.14 bits per heavy atom. The molecule has 3 heteroatoms. The summed E-state index contributed by atoms with van der Waals surface area (Å²) in [6, 6.07) is 4.06. The standard InChI is InChI=1S/C11H16ClNO/c1-8-6-9(4-3-5-13)7-10(14-2)11(8)12/h6-7H,3-5,13H2,1-2H3. The third kappa shape index (κ3) is 2.63. The van der Waals surface area contributed by atoms with Crippen LogP contribution >= 0.6 is 11.6 Å². The molecule has 0 saturated carbocycles.